The maximum Gasteiger partial charge on any atom is 0.339 e. The van der Waals surface area contributed by atoms with Gasteiger partial charge in [-0.05, 0) is 25.1 Å². The molecule has 0 aliphatic carbocycles. The molecule has 21 heavy (non-hydrogen) atoms. The highest BCUT2D eigenvalue weighted by Crippen LogP contribution is 2.22. The Labute approximate surface area is 120 Å². The lowest BCUT2D eigenvalue weighted by atomic mass is 10.2. The van der Waals surface area contributed by atoms with Crippen LogP contribution in [0, 0.1) is 6.92 Å². The lowest BCUT2D eigenvalue weighted by Crippen LogP contribution is -2.18. The SMILES string of the molecule is COC(=O)c1cc(N)ccc1S(=O)(=O)Nc1cc(C)on1. The van der Waals surface area contributed by atoms with Gasteiger partial charge in [-0.3, -0.25) is 4.72 Å². The van der Waals surface area contributed by atoms with E-state index < -0.39 is 16.0 Å². The Bertz CT molecular complexity index is 782. The summed E-state index contributed by atoms with van der Waals surface area (Å²) in [5, 5.41) is 3.53. The fraction of sp³-hybridized carbons (Fsp3) is 0.167. The molecule has 1 aromatic heterocycles. The number of rotatable bonds is 4. The van der Waals surface area contributed by atoms with Gasteiger partial charge in [0.25, 0.3) is 10.0 Å². The molecule has 112 valence electrons. The van der Waals surface area contributed by atoms with Crippen LogP contribution in [0.25, 0.3) is 0 Å². The maximum absolute atomic E-state index is 12.3. The van der Waals surface area contributed by atoms with Gasteiger partial charge in [-0.25, -0.2) is 13.2 Å². The number of nitrogens with one attached hydrogen (secondary N) is 1. The number of sulfonamides is 1. The first-order chi connectivity index (χ1) is 9.83. The lowest BCUT2D eigenvalue weighted by molar-refractivity contribution is 0.0596. The zero-order valence-electron chi connectivity index (χ0n) is 11.3. The maximum atomic E-state index is 12.3. The zero-order chi connectivity index (χ0) is 15.6. The highest BCUT2D eigenvalue weighted by atomic mass is 32.2. The van der Waals surface area contributed by atoms with E-state index in [1.807, 2.05) is 0 Å². The molecule has 2 aromatic rings. The van der Waals surface area contributed by atoms with Crippen molar-refractivity contribution < 1.29 is 22.5 Å². The average molecular weight is 311 g/mol. The normalized spacial score (nSPS) is 11.1. The Hall–Kier alpha value is -2.55. The minimum atomic E-state index is -4.03. The molecule has 0 bridgehead atoms. The van der Waals surface area contributed by atoms with Gasteiger partial charge in [-0.1, -0.05) is 5.16 Å². The third-order valence-electron chi connectivity index (χ3n) is 2.57. The van der Waals surface area contributed by atoms with E-state index in [-0.39, 0.29) is 22.0 Å². The second-order valence-electron chi connectivity index (χ2n) is 4.18. The number of carbonyl (C=O) groups excluding carboxylic acids is 1. The average Bonchev–Trinajstić information content (AvgIpc) is 2.82. The van der Waals surface area contributed by atoms with Gasteiger partial charge in [0.1, 0.15) is 10.7 Å². The molecule has 0 saturated carbocycles. The topological polar surface area (TPSA) is 125 Å². The number of hydrogen-bond acceptors (Lipinski definition) is 7. The van der Waals surface area contributed by atoms with Gasteiger partial charge in [0.05, 0.1) is 12.7 Å². The molecular weight excluding hydrogens is 298 g/mol. The number of hydrogen-bond donors (Lipinski definition) is 2. The zero-order valence-corrected chi connectivity index (χ0v) is 12.1. The van der Waals surface area contributed by atoms with E-state index in [0.717, 1.165) is 7.11 Å². The van der Waals surface area contributed by atoms with Crippen molar-refractivity contribution in [3.63, 3.8) is 0 Å². The monoisotopic (exact) mass is 311 g/mol. The minimum Gasteiger partial charge on any atom is -0.465 e. The van der Waals surface area contributed by atoms with Crippen LogP contribution in [-0.4, -0.2) is 26.7 Å². The van der Waals surface area contributed by atoms with Crippen LogP contribution < -0.4 is 10.5 Å². The van der Waals surface area contributed by atoms with Crippen molar-refractivity contribution in [2.75, 3.05) is 17.6 Å². The smallest absolute Gasteiger partial charge is 0.339 e. The lowest BCUT2D eigenvalue weighted by Gasteiger charge is -2.10. The number of benzene rings is 1. The Kier molecular flexibility index (Phi) is 3.85. The molecule has 8 nitrogen and oxygen atoms in total. The molecule has 1 heterocycles. The summed E-state index contributed by atoms with van der Waals surface area (Å²) >= 11 is 0. The number of aryl methyl sites for hydroxylation is 1. The number of methoxy groups -OCH3 is 1. The van der Waals surface area contributed by atoms with Crippen LogP contribution >= 0.6 is 0 Å². The Morgan fingerprint density at radius 2 is 2.10 bits per heavy atom. The molecule has 0 radical (unpaired) electrons. The molecule has 0 aliphatic rings. The second kappa shape index (κ2) is 5.44. The van der Waals surface area contributed by atoms with Crippen molar-refractivity contribution in [1.82, 2.24) is 5.16 Å². The summed E-state index contributed by atoms with van der Waals surface area (Å²) in [6.07, 6.45) is 0. The molecule has 0 fully saturated rings. The Morgan fingerprint density at radius 3 is 2.67 bits per heavy atom. The molecule has 2 rings (SSSR count). The molecule has 1 aromatic carbocycles. The molecule has 0 spiro atoms. The fourth-order valence-corrected chi connectivity index (χ4v) is 2.82. The van der Waals surface area contributed by atoms with Crippen molar-refractivity contribution >= 4 is 27.5 Å². The van der Waals surface area contributed by atoms with Crippen LogP contribution in [0.3, 0.4) is 0 Å². The van der Waals surface area contributed by atoms with Gasteiger partial charge in [0.2, 0.25) is 0 Å². The van der Waals surface area contributed by atoms with Gasteiger partial charge < -0.3 is 15.0 Å². The van der Waals surface area contributed by atoms with E-state index in [4.69, 9.17) is 10.3 Å². The number of aromatic nitrogens is 1. The minimum absolute atomic E-state index is 0.0140. The van der Waals surface area contributed by atoms with Crippen molar-refractivity contribution in [2.24, 2.45) is 0 Å². The van der Waals surface area contributed by atoms with Crippen LogP contribution in [0.5, 0.6) is 0 Å². The summed E-state index contributed by atoms with van der Waals surface area (Å²) < 4.78 is 36.2. The van der Waals surface area contributed by atoms with Crippen molar-refractivity contribution in [3.8, 4) is 0 Å². The van der Waals surface area contributed by atoms with E-state index in [1.165, 1.54) is 24.3 Å². The summed E-state index contributed by atoms with van der Waals surface area (Å²) in [6.45, 7) is 1.62. The summed E-state index contributed by atoms with van der Waals surface area (Å²) in [6, 6.07) is 5.23. The molecule has 0 atom stereocenters. The highest BCUT2D eigenvalue weighted by Gasteiger charge is 2.24. The van der Waals surface area contributed by atoms with Gasteiger partial charge in [-0.15, -0.1) is 0 Å². The van der Waals surface area contributed by atoms with E-state index in [1.54, 1.807) is 6.92 Å². The van der Waals surface area contributed by atoms with Gasteiger partial charge in [-0.2, -0.15) is 0 Å². The Morgan fingerprint density at radius 1 is 1.38 bits per heavy atom. The van der Waals surface area contributed by atoms with Crippen LogP contribution in [-0.2, 0) is 14.8 Å². The van der Waals surface area contributed by atoms with Crippen molar-refractivity contribution in [3.05, 3.63) is 35.6 Å². The standard InChI is InChI=1S/C12H13N3O5S/c1-7-5-11(14-20-7)15-21(17,18)10-4-3-8(13)6-9(10)12(16)19-2/h3-6H,13H2,1-2H3,(H,14,15). The molecule has 9 heteroatoms. The first-order valence-corrected chi connectivity index (χ1v) is 7.26. The fourth-order valence-electron chi connectivity index (χ4n) is 1.66. The summed E-state index contributed by atoms with van der Waals surface area (Å²) in [4.78, 5) is 11.4. The summed E-state index contributed by atoms with van der Waals surface area (Å²) in [7, 11) is -2.88. The number of ether oxygens (including phenoxy) is 1. The number of nitrogens with zero attached hydrogens (tertiary/aromatic N) is 1. The van der Waals surface area contributed by atoms with Gasteiger partial charge >= 0.3 is 5.97 Å². The summed E-state index contributed by atoms with van der Waals surface area (Å²) in [5.74, 6) is -0.350. The van der Waals surface area contributed by atoms with E-state index in [2.05, 4.69) is 14.6 Å². The molecule has 0 unspecified atom stereocenters. The third kappa shape index (κ3) is 3.14. The number of esters is 1. The number of anilines is 2. The first kappa shape index (κ1) is 14.9. The second-order valence-corrected chi connectivity index (χ2v) is 5.83. The number of carbonyl (C=O) groups is 1. The van der Waals surface area contributed by atoms with Gasteiger partial charge in [0, 0.05) is 11.8 Å². The van der Waals surface area contributed by atoms with Crippen LogP contribution in [0.4, 0.5) is 11.5 Å². The first-order valence-electron chi connectivity index (χ1n) is 5.77. The molecule has 0 saturated heterocycles. The van der Waals surface area contributed by atoms with E-state index >= 15 is 0 Å². The van der Waals surface area contributed by atoms with Crippen LogP contribution in [0.2, 0.25) is 0 Å². The highest BCUT2D eigenvalue weighted by molar-refractivity contribution is 7.92. The molecule has 0 amide bonds. The van der Waals surface area contributed by atoms with Crippen LogP contribution in [0.15, 0.2) is 33.7 Å². The van der Waals surface area contributed by atoms with E-state index in [0.29, 0.717) is 5.76 Å². The molecule has 3 N–H and O–H groups in total. The third-order valence-corrected chi connectivity index (χ3v) is 3.98. The predicted molar refractivity (Wildman–Crippen MR) is 74.2 cm³/mol. The predicted octanol–water partition coefficient (Wildman–Crippen LogP) is 1.15. The van der Waals surface area contributed by atoms with E-state index in [9.17, 15) is 13.2 Å². The Balaban J connectivity index is 2.46. The van der Waals surface area contributed by atoms with Gasteiger partial charge in [0.15, 0.2) is 5.82 Å². The largest absolute Gasteiger partial charge is 0.465 e. The van der Waals surface area contributed by atoms with Crippen LogP contribution in [0.1, 0.15) is 16.1 Å². The molecule has 0 aliphatic heterocycles. The van der Waals surface area contributed by atoms with Crippen molar-refractivity contribution in [2.45, 2.75) is 11.8 Å². The summed E-state index contributed by atoms with van der Waals surface area (Å²) in [5.41, 5.74) is 5.65. The molecular formula is C12H13N3O5S. The quantitative estimate of drug-likeness (QED) is 0.641. The number of nitrogen functional groups attached to an aromatic ring is 1. The number of nitrogens with two attached hydrogens (primary N) is 1. The van der Waals surface area contributed by atoms with Crippen molar-refractivity contribution in [1.29, 1.82) is 0 Å².